The first-order valence-corrected chi connectivity index (χ1v) is 10.4. The zero-order valence-corrected chi connectivity index (χ0v) is 18.1. The van der Waals surface area contributed by atoms with Crippen LogP contribution >= 0.6 is 0 Å². The molecule has 0 fully saturated rings. The summed E-state index contributed by atoms with van der Waals surface area (Å²) < 4.78 is 0. The van der Waals surface area contributed by atoms with Crippen molar-refractivity contribution in [1.82, 2.24) is 0 Å². The van der Waals surface area contributed by atoms with Gasteiger partial charge in [-0.05, 0) is 48.9 Å². The molecule has 2 heteroatoms. The predicted octanol–water partition coefficient (Wildman–Crippen LogP) is 6.65. The van der Waals surface area contributed by atoms with Crippen LogP contribution < -0.4 is 5.32 Å². The lowest BCUT2D eigenvalue weighted by atomic mass is 9.75. The van der Waals surface area contributed by atoms with E-state index in [4.69, 9.17) is 0 Å². The Labute approximate surface area is 175 Å². The molecule has 0 saturated heterocycles. The fraction of sp³-hybridized carbons (Fsp3) is 0.296. The van der Waals surface area contributed by atoms with Crippen LogP contribution in [0, 0.1) is 32.6 Å². The number of rotatable bonds is 6. The minimum absolute atomic E-state index is 0.00320. The fourth-order valence-electron chi connectivity index (χ4n) is 4.35. The number of anilines is 1. The van der Waals surface area contributed by atoms with Gasteiger partial charge in [0.05, 0.1) is 5.92 Å². The SMILES string of the molecule is Cc1cc(C)c(NC(=O)C(C(C)C)C(c2ccccc2)c2ccccc2)c(C)c1. The van der Waals surface area contributed by atoms with Gasteiger partial charge in [-0.1, -0.05) is 92.2 Å². The van der Waals surface area contributed by atoms with Crippen LogP contribution in [0.3, 0.4) is 0 Å². The molecule has 150 valence electrons. The number of hydrogen-bond donors (Lipinski definition) is 1. The van der Waals surface area contributed by atoms with E-state index in [9.17, 15) is 4.79 Å². The van der Waals surface area contributed by atoms with Gasteiger partial charge in [-0.25, -0.2) is 0 Å². The standard InChI is InChI=1S/C27H31NO/c1-18(2)24(27(29)28-26-20(4)16-19(3)17-21(26)5)25(22-12-8-6-9-13-22)23-14-10-7-11-15-23/h6-18,24-25H,1-5H3,(H,28,29). The molecule has 2 nitrogen and oxygen atoms in total. The highest BCUT2D eigenvalue weighted by Crippen LogP contribution is 2.37. The maximum Gasteiger partial charge on any atom is 0.228 e. The Bertz CT molecular complexity index is 898. The van der Waals surface area contributed by atoms with Crippen molar-refractivity contribution >= 4 is 11.6 Å². The lowest BCUT2D eigenvalue weighted by Crippen LogP contribution is -2.33. The summed E-state index contributed by atoms with van der Waals surface area (Å²) in [6.07, 6.45) is 0. The van der Waals surface area contributed by atoms with E-state index in [1.807, 2.05) is 12.1 Å². The topological polar surface area (TPSA) is 29.1 Å². The van der Waals surface area contributed by atoms with E-state index in [2.05, 4.69) is 101 Å². The van der Waals surface area contributed by atoms with E-state index in [0.29, 0.717) is 0 Å². The summed E-state index contributed by atoms with van der Waals surface area (Å²) in [5.41, 5.74) is 6.70. The Morgan fingerprint density at radius 1 is 0.759 bits per heavy atom. The molecule has 0 aliphatic rings. The molecule has 0 spiro atoms. The van der Waals surface area contributed by atoms with Crippen LogP contribution in [-0.2, 0) is 4.79 Å². The van der Waals surface area contributed by atoms with E-state index >= 15 is 0 Å². The molecule has 3 aromatic rings. The molecule has 0 aliphatic heterocycles. The number of benzene rings is 3. The molecule has 0 saturated carbocycles. The molecule has 0 aliphatic carbocycles. The monoisotopic (exact) mass is 385 g/mol. The number of nitrogens with one attached hydrogen (secondary N) is 1. The molecule has 1 N–H and O–H groups in total. The Kier molecular flexibility index (Phi) is 6.53. The van der Waals surface area contributed by atoms with Crippen molar-refractivity contribution in [3.8, 4) is 0 Å². The molecule has 3 aromatic carbocycles. The van der Waals surface area contributed by atoms with Crippen LogP contribution in [0.4, 0.5) is 5.69 Å². The first-order chi connectivity index (χ1) is 13.9. The molecule has 0 aromatic heterocycles. The third-order valence-corrected chi connectivity index (χ3v) is 5.62. The summed E-state index contributed by atoms with van der Waals surface area (Å²) in [6.45, 7) is 10.5. The second kappa shape index (κ2) is 9.09. The number of carbonyl (C=O) groups excluding carboxylic acids is 1. The summed E-state index contributed by atoms with van der Waals surface area (Å²) >= 11 is 0. The van der Waals surface area contributed by atoms with Gasteiger partial charge in [-0.3, -0.25) is 4.79 Å². The van der Waals surface area contributed by atoms with Gasteiger partial charge < -0.3 is 5.32 Å². The molecule has 0 radical (unpaired) electrons. The molecular weight excluding hydrogens is 354 g/mol. The second-order valence-corrected chi connectivity index (χ2v) is 8.33. The van der Waals surface area contributed by atoms with Crippen LogP contribution in [-0.4, -0.2) is 5.91 Å². The van der Waals surface area contributed by atoms with Crippen LogP contribution in [0.5, 0.6) is 0 Å². The molecule has 29 heavy (non-hydrogen) atoms. The molecular formula is C27H31NO. The molecule has 1 atom stereocenters. The number of carbonyl (C=O) groups is 1. The highest BCUT2D eigenvalue weighted by molar-refractivity contribution is 5.95. The third kappa shape index (κ3) is 4.76. The zero-order valence-electron chi connectivity index (χ0n) is 18.1. The summed E-state index contributed by atoms with van der Waals surface area (Å²) in [5, 5.41) is 3.27. The smallest absolute Gasteiger partial charge is 0.228 e. The van der Waals surface area contributed by atoms with Crippen LogP contribution in [0.15, 0.2) is 72.8 Å². The quantitative estimate of drug-likeness (QED) is 0.505. The summed E-state index contributed by atoms with van der Waals surface area (Å²) in [6, 6.07) is 25.0. The highest BCUT2D eigenvalue weighted by Gasteiger charge is 2.33. The number of amides is 1. The fourth-order valence-corrected chi connectivity index (χ4v) is 4.35. The average molecular weight is 386 g/mol. The lowest BCUT2D eigenvalue weighted by molar-refractivity contribution is -0.121. The summed E-state index contributed by atoms with van der Waals surface area (Å²) in [7, 11) is 0. The normalized spacial score (nSPS) is 12.2. The maximum atomic E-state index is 13.6. The number of hydrogen-bond acceptors (Lipinski definition) is 1. The van der Waals surface area contributed by atoms with Crippen LogP contribution in [0.2, 0.25) is 0 Å². The first kappa shape index (κ1) is 20.9. The van der Waals surface area contributed by atoms with Gasteiger partial charge in [0.1, 0.15) is 0 Å². The first-order valence-electron chi connectivity index (χ1n) is 10.4. The molecule has 1 unspecified atom stereocenters. The van der Waals surface area contributed by atoms with E-state index in [1.54, 1.807) is 0 Å². The van der Waals surface area contributed by atoms with E-state index in [-0.39, 0.29) is 23.7 Å². The summed E-state index contributed by atoms with van der Waals surface area (Å²) in [4.78, 5) is 13.6. The van der Waals surface area contributed by atoms with Crippen LogP contribution in [0.25, 0.3) is 0 Å². The zero-order chi connectivity index (χ0) is 21.0. The molecule has 0 heterocycles. The van der Waals surface area contributed by atoms with Gasteiger partial charge in [0.2, 0.25) is 5.91 Å². The Balaban J connectivity index is 2.03. The summed E-state index contributed by atoms with van der Waals surface area (Å²) in [5.74, 6) is 0.0857. The molecule has 0 bridgehead atoms. The minimum atomic E-state index is -0.181. The van der Waals surface area contributed by atoms with E-state index < -0.39 is 0 Å². The lowest BCUT2D eigenvalue weighted by Gasteiger charge is -2.31. The molecule has 3 rings (SSSR count). The van der Waals surface area contributed by atoms with Crippen molar-refractivity contribution < 1.29 is 4.79 Å². The maximum absolute atomic E-state index is 13.6. The van der Waals surface area contributed by atoms with Crippen molar-refractivity contribution in [1.29, 1.82) is 0 Å². The third-order valence-electron chi connectivity index (χ3n) is 5.62. The number of aryl methyl sites for hydroxylation is 3. The Hall–Kier alpha value is -2.87. The minimum Gasteiger partial charge on any atom is -0.325 e. The van der Waals surface area contributed by atoms with Crippen molar-refractivity contribution in [2.45, 2.75) is 40.5 Å². The van der Waals surface area contributed by atoms with Crippen molar-refractivity contribution in [3.05, 3.63) is 101 Å². The van der Waals surface area contributed by atoms with Crippen LogP contribution in [0.1, 0.15) is 47.6 Å². The van der Waals surface area contributed by atoms with Gasteiger partial charge in [0.25, 0.3) is 0 Å². The van der Waals surface area contributed by atoms with Gasteiger partial charge in [-0.15, -0.1) is 0 Å². The van der Waals surface area contributed by atoms with Gasteiger partial charge >= 0.3 is 0 Å². The van der Waals surface area contributed by atoms with Crippen molar-refractivity contribution in [3.63, 3.8) is 0 Å². The van der Waals surface area contributed by atoms with Gasteiger partial charge in [-0.2, -0.15) is 0 Å². The Morgan fingerprint density at radius 2 is 1.21 bits per heavy atom. The van der Waals surface area contributed by atoms with E-state index in [1.165, 1.54) is 16.7 Å². The largest absolute Gasteiger partial charge is 0.325 e. The second-order valence-electron chi connectivity index (χ2n) is 8.33. The van der Waals surface area contributed by atoms with Gasteiger partial charge in [0, 0.05) is 11.6 Å². The van der Waals surface area contributed by atoms with Gasteiger partial charge in [0.15, 0.2) is 0 Å². The van der Waals surface area contributed by atoms with E-state index in [0.717, 1.165) is 16.8 Å². The Morgan fingerprint density at radius 3 is 1.62 bits per heavy atom. The van der Waals surface area contributed by atoms with Crippen molar-refractivity contribution in [2.75, 3.05) is 5.32 Å². The highest BCUT2D eigenvalue weighted by atomic mass is 16.1. The van der Waals surface area contributed by atoms with Crippen molar-refractivity contribution in [2.24, 2.45) is 11.8 Å². The average Bonchev–Trinajstić information content (AvgIpc) is 2.69. The molecule has 1 amide bonds. The predicted molar refractivity (Wildman–Crippen MR) is 122 cm³/mol.